The van der Waals surface area contributed by atoms with E-state index in [0.717, 1.165) is 11.8 Å². The molecule has 3 N–H and O–H groups in total. The number of benzene rings is 1. The van der Waals surface area contributed by atoms with Crippen LogP contribution in [0.25, 0.3) is 0 Å². The van der Waals surface area contributed by atoms with E-state index in [9.17, 15) is 14.4 Å². The summed E-state index contributed by atoms with van der Waals surface area (Å²) in [6.07, 6.45) is 0.343. The highest BCUT2D eigenvalue weighted by Gasteiger charge is 2.09. The fourth-order valence-electron chi connectivity index (χ4n) is 1.37. The highest BCUT2D eigenvalue weighted by atomic mass is 35.5. The molecule has 1 aromatic rings. The van der Waals surface area contributed by atoms with E-state index in [1.807, 2.05) is 0 Å². The Morgan fingerprint density at radius 2 is 1.90 bits per heavy atom. The van der Waals surface area contributed by atoms with Gasteiger partial charge in [-0.15, -0.1) is 11.8 Å². The predicted octanol–water partition coefficient (Wildman–Crippen LogP) is 2.44. The zero-order valence-corrected chi connectivity index (χ0v) is 12.9. The van der Waals surface area contributed by atoms with E-state index >= 15 is 0 Å². The highest BCUT2D eigenvalue weighted by molar-refractivity contribution is 8.00. The van der Waals surface area contributed by atoms with Crippen LogP contribution in [0, 0.1) is 0 Å². The van der Waals surface area contributed by atoms with Gasteiger partial charge in [0.15, 0.2) is 0 Å². The predicted molar refractivity (Wildman–Crippen MR) is 84.0 cm³/mol. The molecular weight excluding hydrogens is 316 g/mol. The Hall–Kier alpha value is -1.73. The van der Waals surface area contributed by atoms with E-state index in [1.165, 1.54) is 0 Å². The van der Waals surface area contributed by atoms with Gasteiger partial charge >= 0.3 is 5.97 Å². The molecule has 0 saturated carbocycles. The van der Waals surface area contributed by atoms with Crippen molar-refractivity contribution in [3.63, 3.8) is 0 Å². The second-order valence-electron chi connectivity index (χ2n) is 4.03. The maximum absolute atomic E-state index is 11.7. The summed E-state index contributed by atoms with van der Waals surface area (Å²) in [5.41, 5.74) is 0.895. The molecule has 21 heavy (non-hydrogen) atoms. The number of hydrogen-bond donors (Lipinski definition) is 3. The second-order valence-corrected chi connectivity index (χ2v) is 5.42. The number of anilines is 2. The summed E-state index contributed by atoms with van der Waals surface area (Å²) < 4.78 is 0. The lowest BCUT2D eigenvalue weighted by Gasteiger charge is -2.10. The molecule has 8 heteroatoms. The van der Waals surface area contributed by atoms with Gasteiger partial charge in [-0.2, -0.15) is 0 Å². The molecule has 0 aliphatic heterocycles. The van der Waals surface area contributed by atoms with Crippen LogP contribution in [-0.2, 0) is 14.4 Å². The molecule has 0 bridgehead atoms. The molecule has 0 aromatic heterocycles. The van der Waals surface area contributed by atoms with Gasteiger partial charge in [0.25, 0.3) is 0 Å². The Balaban J connectivity index is 2.64. The number of carbonyl (C=O) groups is 3. The fraction of sp³-hybridized carbons (Fsp3) is 0.308. The number of carboxylic acid groups (broad SMARTS) is 1. The molecule has 0 spiro atoms. The van der Waals surface area contributed by atoms with E-state index in [0.29, 0.717) is 22.8 Å². The molecule has 0 unspecified atom stereocenters. The quantitative estimate of drug-likeness (QED) is 0.713. The minimum absolute atomic E-state index is 0.00811. The number of hydrogen-bond acceptors (Lipinski definition) is 4. The monoisotopic (exact) mass is 330 g/mol. The van der Waals surface area contributed by atoms with Crippen LogP contribution in [0.3, 0.4) is 0 Å². The maximum atomic E-state index is 11.7. The third-order valence-corrected chi connectivity index (χ3v) is 3.55. The normalized spacial score (nSPS) is 10.0. The number of carbonyl (C=O) groups excluding carboxylic acids is 2. The van der Waals surface area contributed by atoms with Gasteiger partial charge in [-0.05, 0) is 18.2 Å². The molecule has 0 radical (unpaired) electrons. The van der Waals surface area contributed by atoms with E-state index in [1.54, 1.807) is 25.1 Å². The van der Waals surface area contributed by atoms with Crippen molar-refractivity contribution in [2.45, 2.75) is 13.3 Å². The van der Waals surface area contributed by atoms with Crippen molar-refractivity contribution in [1.82, 2.24) is 0 Å². The number of aliphatic carboxylic acids is 1. The molecule has 1 rings (SSSR count). The summed E-state index contributed by atoms with van der Waals surface area (Å²) in [5.74, 6) is -1.62. The summed E-state index contributed by atoms with van der Waals surface area (Å²) in [5, 5.41) is 14.1. The number of nitrogens with one attached hydrogen (secondary N) is 2. The first kappa shape index (κ1) is 17.3. The first-order chi connectivity index (χ1) is 9.92. The number of amides is 2. The van der Waals surface area contributed by atoms with Crippen LogP contribution >= 0.6 is 23.4 Å². The lowest BCUT2D eigenvalue weighted by molar-refractivity contribution is -0.133. The van der Waals surface area contributed by atoms with E-state index in [4.69, 9.17) is 16.7 Å². The van der Waals surface area contributed by atoms with Gasteiger partial charge in [0, 0.05) is 12.1 Å². The second kappa shape index (κ2) is 8.53. The SMILES string of the molecule is CCC(=O)Nc1ccc(Cl)c(NC(=O)CSCC(=O)O)c1. The number of carboxylic acids is 1. The highest BCUT2D eigenvalue weighted by Crippen LogP contribution is 2.25. The third kappa shape index (κ3) is 6.50. The molecule has 114 valence electrons. The first-order valence-electron chi connectivity index (χ1n) is 6.11. The van der Waals surface area contributed by atoms with Crippen LogP contribution < -0.4 is 10.6 Å². The van der Waals surface area contributed by atoms with Crippen LogP contribution in [0.5, 0.6) is 0 Å². The number of rotatable bonds is 7. The topological polar surface area (TPSA) is 95.5 Å². The van der Waals surface area contributed by atoms with Crippen molar-refractivity contribution >= 4 is 52.5 Å². The minimum Gasteiger partial charge on any atom is -0.481 e. The summed E-state index contributed by atoms with van der Waals surface area (Å²) >= 11 is 6.96. The molecule has 0 aliphatic carbocycles. The third-order valence-electron chi connectivity index (χ3n) is 2.30. The zero-order chi connectivity index (χ0) is 15.8. The van der Waals surface area contributed by atoms with Crippen LogP contribution in [0.1, 0.15) is 13.3 Å². The Labute approximate surface area is 131 Å². The van der Waals surface area contributed by atoms with Gasteiger partial charge in [0.05, 0.1) is 22.2 Å². The van der Waals surface area contributed by atoms with E-state index in [2.05, 4.69) is 10.6 Å². The average Bonchev–Trinajstić information content (AvgIpc) is 2.42. The van der Waals surface area contributed by atoms with Crippen LogP contribution in [-0.4, -0.2) is 34.4 Å². The zero-order valence-electron chi connectivity index (χ0n) is 11.3. The molecule has 0 atom stereocenters. The van der Waals surface area contributed by atoms with Gasteiger partial charge in [-0.3, -0.25) is 14.4 Å². The smallest absolute Gasteiger partial charge is 0.313 e. The molecule has 0 aliphatic rings. The van der Waals surface area contributed by atoms with Gasteiger partial charge in [0.1, 0.15) is 0 Å². The molecule has 0 heterocycles. The largest absolute Gasteiger partial charge is 0.481 e. The molecular formula is C13H15ClN2O4S. The summed E-state index contributed by atoms with van der Waals surface area (Å²) in [6, 6.07) is 4.74. The number of thioether (sulfide) groups is 1. The Kier molecular flexibility index (Phi) is 7.04. The number of halogens is 1. The van der Waals surface area contributed by atoms with Crippen molar-refractivity contribution in [3.8, 4) is 0 Å². The lowest BCUT2D eigenvalue weighted by Crippen LogP contribution is -2.16. The van der Waals surface area contributed by atoms with Crippen molar-refractivity contribution in [2.24, 2.45) is 0 Å². The lowest BCUT2D eigenvalue weighted by atomic mass is 10.2. The van der Waals surface area contributed by atoms with Crippen molar-refractivity contribution < 1.29 is 19.5 Å². The van der Waals surface area contributed by atoms with Crippen molar-refractivity contribution in [3.05, 3.63) is 23.2 Å². The maximum Gasteiger partial charge on any atom is 0.313 e. The first-order valence-corrected chi connectivity index (χ1v) is 7.64. The van der Waals surface area contributed by atoms with Gasteiger partial charge < -0.3 is 15.7 Å². The molecule has 0 fully saturated rings. The van der Waals surface area contributed by atoms with Gasteiger partial charge in [-0.25, -0.2) is 0 Å². The van der Waals surface area contributed by atoms with Gasteiger partial charge in [-0.1, -0.05) is 18.5 Å². The Bertz CT molecular complexity index is 551. The standard InChI is InChI=1S/C13H15ClN2O4S/c1-2-11(17)15-8-3-4-9(14)10(5-8)16-12(18)6-21-7-13(19)20/h3-5H,2,6-7H2,1H3,(H,15,17)(H,16,18)(H,19,20). The summed E-state index contributed by atoms with van der Waals surface area (Å²) in [7, 11) is 0. The summed E-state index contributed by atoms with van der Waals surface area (Å²) in [4.78, 5) is 33.3. The van der Waals surface area contributed by atoms with Crippen LogP contribution in [0.15, 0.2) is 18.2 Å². The fourth-order valence-corrected chi connectivity index (χ4v) is 2.06. The minimum atomic E-state index is -0.977. The Morgan fingerprint density at radius 1 is 1.19 bits per heavy atom. The van der Waals surface area contributed by atoms with Crippen molar-refractivity contribution in [2.75, 3.05) is 22.1 Å². The van der Waals surface area contributed by atoms with E-state index in [-0.39, 0.29) is 23.3 Å². The van der Waals surface area contributed by atoms with Gasteiger partial charge in [0.2, 0.25) is 11.8 Å². The van der Waals surface area contributed by atoms with Crippen LogP contribution in [0.2, 0.25) is 5.02 Å². The molecule has 0 saturated heterocycles. The Morgan fingerprint density at radius 3 is 2.52 bits per heavy atom. The van der Waals surface area contributed by atoms with E-state index < -0.39 is 5.97 Å². The van der Waals surface area contributed by atoms with Crippen LogP contribution in [0.4, 0.5) is 11.4 Å². The average molecular weight is 331 g/mol. The molecule has 2 amide bonds. The molecule has 1 aromatic carbocycles. The van der Waals surface area contributed by atoms with Crippen molar-refractivity contribution in [1.29, 1.82) is 0 Å². The summed E-state index contributed by atoms with van der Waals surface area (Å²) in [6.45, 7) is 1.73. The molecule has 6 nitrogen and oxygen atoms in total.